The number of aromatic hydroxyl groups is 1. The number of benzene rings is 2. The fourth-order valence-electron chi connectivity index (χ4n) is 6.26. The van der Waals surface area contributed by atoms with E-state index in [9.17, 15) is 63.0 Å². The number of aliphatic hydroxyl groups is 2. The van der Waals surface area contributed by atoms with E-state index in [0.29, 0.717) is 11.1 Å². The van der Waals surface area contributed by atoms with Crippen molar-refractivity contribution in [2.75, 3.05) is 44.9 Å². The van der Waals surface area contributed by atoms with Crippen molar-refractivity contribution < 1.29 is 90.3 Å². The number of thioether (sulfide) groups is 1. The summed E-state index contributed by atoms with van der Waals surface area (Å²) in [6.07, 6.45) is -7.11. The van der Waals surface area contributed by atoms with Gasteiger partial charge in [-0.05, 0) is 36.1 Å². The molecule has 1 aliphatic rings. The maximum atomic E-state index is 13.1. The number of ether oxygens (including phenoxy) is 2. The maximum absolute atomic E-state index is 13.1. The average molecular weight is 982 g/mol. The minimum Gasteiger partial charge on any atom is -0.507 e. The normalized spacial score (nSPS) is 20.4. The van der Waals surface area contributed by atoms with Crippen LogP contribution in [0.4, 0.5) is 5.82 Å². The Bertz CT molecular complexity index is 2530. The molecule has 3 heterocycles. The van der Waals surface area contributed by atoms with Gasteiger partial charge in [0.05, 0.1) is 32.2 Å². The first-order chi connectivity index (χ1) is 29.8. The highest BCUT2D eigenvalue weighted by Crippen LogP contribution is 2.61. The minimum absolute atomic E-state index is 0.0209. The number of rotatable bonds is 21. The molecule has 1 aliphatic heterocycles. The Balaban J connectivity index is 1.06. The number of nitrogens with zero attached hydrogens (tertiary/aromatic N) is 4. The van der Waals surface area contributed by atoms with Gasteiger partial charge >= 0.3 is 23.5 Å². The molecule has 2 amide bonds. The Morgan fingerprint density at radius 2 is 1.72 bits per heavy atom. The van der Waals surface area contributed by atoms with Crippen molar-refractivity contribution >= 4 is 79.9 Å². The fourth-order valence-corrected chi connectivity index (χ4v) is 9.83. The number of nitrogen functional groups attached to an aromatic ring is 1. The third kappa shape index (κ3) is 12.8. The molecule has 2 aromatic carbocycles. The molecular formula is C34H46N7O19P3S. The van der Waals surface area contributed by atoms with Gasteiger partial charge < -0.3 is 60.7 Å². The lowest BCUT2D eigenvalue weighted by Gasteiger charge is -2.30. The first-order valence-corrected chi connectivity index (χ1v) is 24.2. The summed E-state index contributed by atoms with van der Waals surface area (Å²) in [5, 5.41) is 37.8. The predicted octanol–water partition coefficient (Wildman–Crippen LogP) is 1.15. The number of aryl methyl sites for hydroxylation is 1. The molecule has 1 fully saturated rings. The number of amides is 2. The first-order valence-electron chi connectivity index (χ1n) is 18.7. The molecule has 2 unspecified atom stereocenters. The van der Waals surface area contributed by atoms with Crippen LogP contribution in [0, 0.1) is 12.3 Å². The summed E-state index contributed by atoms with van der Waals surface area (Å²) in [4.78, 5) is 89.3. The van der Waals surface area contributed by atoms with Crippen LogP contribution in [0.3, 0.4) is 0 Å². The van der Waals surface area contributed by atoms with E-state index in [2.05, 4.69) is 34.4 Å². The first kappa shape index (κ1) is 50.9. The Hall–Kier alpha value is -4.14. The molecule has 7 atom stereocenters. The van der Waals surface area contributed by atoms with E-state index < -0.39 is 89.7 Å². The third-order valence-electron chi connectivity index (χ3n) is 9.47. The van der Waals surface area contributed by atoms with E-state index in [-0.39, 0.29) is 53.6 Å². The summed E-state index contributed by atoms with van der Waals surface area (Å²) in [7, 11) is -15.0. The van der Waals surface area contributed by atoms with E-state index in [1.165, 1.54) is 27.0 Å². The van der Waals surface area contributed by atoms with Crippen LogP contribution < -0.4 is 21.1 Å². The van der Waals surface area contributed by atoms with Crippen molar-refractivity contribution in [2.45, 2.75) is 57.8 Å². The van der Waals surface area contributed by atoms with Crippen molar-refractivity contribution in [3.8, 4) is 11.5 Å². The summed E-state index contributed by atoms with van der Waals surface area (Å²) in [5.41, 5.74) is 5.15. The second kappa shape index (κ2) is 20.6. The second-order valence-electron chi connectivity index (χ2n) is 14.7. The van der Waals surface area contributed by atoms with Crippen LogP contribution in [-0.4, -0.2) is 135 Å². The van der Waals surface area contributed by atoms with Gasteiger partial charge in [-0.15, -0.1) is 0 Å². The number of phenolic OH excluding ortho intramolecular Hbond substituents is 1. The Kier molecular flexibility index (Phi) is 16.3. The van der Waals surface area contributed by atoms with Crippen LogP contribution in [0.5, 0.6) is 11.5 Å². The van der Waals surface area contributed by atoms with E-state index in [0.717, 1.165) is 39.9 Å². The molecule has 1 saturated heterocycles. The molecule has 5 rings (SSSR count). The minimum atomic E-state index is -5.60. The van der Waals surface area contributed by atoms with Gasteiger partial charge in [0.1, 0.15) is 47.8 Å². The number of phenols is 1. The van der Waals surface area contributed by atoms with Crippen molar-refractivity contribution in [3.63, 3.8) is 0 Å². The number of nitrogens with two attached hydrogens (primary N) is 1. The van der Waals surface area contributed by atoms with Gasteiger partial charge in [-0.3, -0.25) is 32.5 Å². The Morgan fingerprint density at radius 3 is 2.41 bits per heavy atom. The predicted molar refractivity (Wildman–Crippen MR) is 223 cm³/mol. The highest BCUT2D eigenvalue weighted by Gasteiger charge is 2.50. The Morgan fingerprint density at radius 1 is 1.02 bits per heavy atom. The third-order valence-corrected chi connectivity index (χ3v) is 13.4. The lowest BCUT2D eigenvalue weighted by Crippen LogP contribution is -2.46. The quantitative estimate of drug-likeness (QED) is 0.0413. The monoisotopic (exact) mass is 981 g/mol. The van der Waals surface area contributed by atoms with Gasteiger partial charge in [-0.2, -0.15) is 4.31 Å². The second-order valence-corrected chi connectivity index (χ2v) is 20.0. The van der Waals surface area contributed by atoms with Gasteiger partial charge in [0.15, 0.2) is 17.7 Å². The molecule has 4 aromatic rings. The molecular weight excluding hydrogens is 935 g/mol. The number of hydrogen-bond donors (Lipinski definition) is 10. The number of phosphoric acid groups is 3. The average Bonchev–Trinajstić information content (AvgIpc) is 3.77. The van der Waals surface area contributed by atoms with Crippen molar-refractivity contribution in [1.29, 1.82) is 0 Å². The van der Waals surface area contributed by atoms with Crippen molar-refractivity contribution in [2.24, 2.45) is 5.41 Å². The van der Waals surface area contributed by atoms with Gasteiger partial charge in [-0.1, -0.05) is 31.7 Å². The highest BCUT2D eigenvalue weighted by molar-refractivity contribution is 8.14. The molecule has 0 bridgehead atoms. The summed E-state index contributed by atoms with van der Waals surface area (Å²) < 4.78 is 67.7. The zero-order valence-electron chi connectivity index (χ0n) is 34.2. The van der Waals surface area contributed by atoms with Gasteiger partial charge in [0.25, 0.3) is 0 Å². The molecule has 11 N–H and O–H groups in total. The molecule has 2 aromatic heterocycles. The van der Waals surface area contributed by atoms with E-state index >= 15 is 0 Å². The fraction of sp³-hybridized carbons (Fsp3) is 0.471. The molecule has 64 heavy (non-hydrogen) atoms. The summed E-state index contributed by atoms with van der Waals surface area (Å²) in [5.74, 6) is -1.14. The van der Waals surface area contributed by atoms with Crippen LogP contribution in [0.2, 0.25) is 0 Å². The van der Waals surface area contributed by atoms with Gasteiger partial charge in [0.2, 0.25) is 16.9 Å². The molecule has 352 valence electrons. The number of anilines is 1. The smallest absolute Gasteiger partial charge is 0.481 e. The number of imidazole rings is 1. The molecule has 30 heteroatoms. The summed E-state index contributed by atoms with van der Waals surface area (Å²) >= 11 is 0.871. The number of carbonyl (C=O) groups excluding carboxylic acids is 3. The lowest BCUT2D eigenvalue weighted by molar-refractivity contribution is -0.137. The van der Waals surface area contributed by atoms with Crippen LogP contribution >= 0.6 is 35.2 Å². The molecule has 0 saturated carbocycles. The van der Waals surface area contributed by atoms with Crippen LogP contribution in [0.25, 0.3) is 21.9 Å². The zero-order valence-corrected chi connectivity index (χ0v) is 37.7. The lowest BCUT2D eigenvalue weighted by atomic mass is 9.87. The number of aliphatic hydroxyl groups excluding tert-OH is 2. The summed E-state index contributed by atoms with van der Waals surface area (Å²) in [6, 6.07) is 6.57. The number of carbonyl (C=O) groups is 3. The number of fused-ring (bicyclic) bond motifs is 2. The summed E-state index contributed by atoms with van der Waals surface area (Å²) in [6.45, 7) is 2.05. The van der Waals surface area contributed by atoms with Gasteiger partial charge in [0, 0.05) is 36.1 Å². The van der Waals surface area contributed by atoms with Crippen molar-refractivity contribution in [3.05, 3.63) is 48.0 Å². The van der Waals surface area contributed by atoms with E-state index in [1.54, 1.807) is 18.2 Å². The topological polar surface area (TPSA) is 393 Å². The van der Waals surface area contributed by atoms with E-state index in [1.807, 2.05) is 6.92 Å². The number of aromatic nitrogens is 4. The standard InChI is InChI=1S/C34H46N7O19P3S/c1-17-11-18(55-4)12-20-19(17)5-6-21(42)24(20)33(47)64-10-9-36-23(43)7-8-37-31(46)28(45)34(2,3)14-57-63(53,54)60-62(51,52)56-13-22-27(59-61(48,49)50)26(44)32(58-22)41-16-40-25-29(35)38-15-39-30(25)41/h5-6,11-12,15-16,22,26-28,32,42,44-45H,7-10,13-14H2,1-4H3,(H,36,43)(H,37,46)(H,51,52)(H,53,54)(H2,35,38,39)(H2,48,49,50)/t22-,26-,27-,28+,32-/m1/s1. The number of nitrogens with one attached hydrogen (secondary N) is 2. The van der Waals surface area contributed by atoms with Crippen LogP contribution in [0.1, 0.15) is 42.4 Å². The van der Waals surface area contributed by atoms with E-state index in [4.69, 9.17) is 24.3 Å². The molecule has 26 nitrogen and oxygen atoms in total. The zero-order chi connectivity index (χ0) is 47.4. The largest absolute Gasteiger partial charge is 0.507 e. The number of phosphoric ester groups is 3. The maximum Gasteiger partial charge on any atom is 0.481 e. The molecule has 0 spiro atoms. The van der Waals surface area contributed by atoms with Crippen molar-refractivity contribution in [1.82, 2.24) is 30.2 Å². The highest BCUT2D eigenvalue weighted by atomic mass is 32.2. The van der Waals surface area contributed by atoms with Crippen LogP contribution in [-0.2, 0) is 45.9 Å². The molecule has 0 aliphatic carbocycles. The molecule has 0 radical (unpaired) electrons. The van der Waals surface area contributed by atoms with Crippen LogP contribution in [0.15, 0.2) is 36.9 Å². The van der Waals surface area contributed by atoms with Gasteiger partial charge in [-0.25, -0.2) is 28.6 Å². The number of hydrogen-bond acceptors (Lipinski definition) is 20. The SMILES string of the molecule is COc1cc(C)c2ccc(O)c(C(=O)SCCNC(=O)CCNC(=O)[C@H](O)C(C)(C)COP(=O)(O)OP(=O)(O)OC[C@H]3O[C@@H](n4cnc5c(N)ncnc54)[C@H](O)[C@@H]3OP(=O)(O)O)c2c1. The number of methoxy groups -OCH3 is 1. The Labute approximate surface area is 367 Å².